The van der Waals surface area contributed by atoms with Crippen molar-refractivity contribution in [1.82, 2.24) is 15.8 Å². The van der Waals surface area contributed by atoms with Crippen molar-refractivity contribution >= 4 is 17.7 Å². The van der Waals surface area contributed by atoms with Crippen molar-refractivity contribution < 1.29 is 4.79 Å². The van der Waals surface area contributed by atoms with E-state index in [9.17, 15) is 4.79 Å². The summed E-state index contributed by atoms with van der Waals surface area (Å²) in [6.45, 7) is 2.01. The number of hydrazine groups is 1. The van der Waals surface area contributed by atoms with Gasteiger partial charge in [0.1, 0.15) is 0 Å². The molecule has 2 N–H and O–H groups in total. The van der Waals surface area contributed by atoms with Crippen LogP contribution < -0.4 is 10.7 Å². The van der Waals surface area contributed by atoms with Gasteiger partial charge >= 0.3 is 0 Å². The van der Waals surface area contributed by atoms with Crippen LogP contribution in [-0.4, -0.2) is 41.7 Å². The molecule has 2 saturated heterocycles. The molecule has 0 saturated carbocycles. The number of rotatable bonds is 2. The molecule has 0 aliphatic carbocycles. The molecule has 2 fully saturated rings. The topological polar surface area (TPSA) is 44.4 Å². The number of piperidine rings is 1. The summed E-state index contributed by atoms with van der Waals surface area (Å²) in [5, 5.41) is 5.22. The molecule has 1 atom stereocenters. The number of hydrogen-bond donors (Lipinski definition) is 2. The van der Waals surface area contributed by atoms with Crippen LogP contribution in [0.4, 0.5) is 0 Å². The number of thioether (sulfide) groups is 1. The van der Waals surface area contributed by atoms with Crippen LogP contribution in [0.15, 0.2) is 0 Å². The van der Waals surface area contributed by atoms with E-state index in [1.54, 1.807) is 11.8 Å². The van der Waals surface area contributed by atoms with E-state index >= 15 is 0 Å². The summed E-state index contributed by atoms with van der Waals surface area (Å²) in [5.74, 6) is 1.94. The molecule has 1 unspecified atom stereocenters. The Morgan fingerprint density at radius 3 is 2.79 bits per heavy atom. The Hall–Kier alpha value is -0.260. The van der Waals surface area contributed by atoms with Gasteiger partial charge in [0.25, 0.3) is 5.91 Å². The summed E-state index contributed by atoms with van der Waals surface area (Å²) < 4.78 is 0. The molecule has 0 aromatic rings. The first-order chi connectivity index (χ1) is 6.86. The maximum Gasteiger partial charge on any atom is 0.252 e. The highest BCUT2D eigenvalue weighted by Gasteiger charge is 2.24. The van der Waals surface area contributed by atoms with Gasteiger partial charge in [0.05, 0.1) is 6.04 Å². The Morgan fingerprint density at radius 2 is 2.14 bits per heavy atom. The monoisotopic (exact) mass is 215 g/mol. The van der Waals surface area contributed by atoms with Gasteiger partial charge in [-0.2, -0.15) is 0 Å². The lowest BCUT2D eigenvalue weighted by Gasteiger charge is -2.27. The van der Waals surface area contributed by atoms with Gasteiger partial charge in [-0.05, 0) is 12.8 Å². The van der Waals surface area contributed by atoms with Crippen molar-refractivity contribution in [3.63, 3.8) is 0 Å². The number of carbonyl (C=O) groups is 1. The summed E-state index contributed by atoms with van der Waals surface area (Å²) >= 11 is 1.78. The van der Waals surface area contributed by atoms with Crippen molar-refractivity contribution in [2.24, 2.45) is 0 Å². The minimum absolute atomic E-state index is 0.0157. The van der Waals surface area contributed by atoms with Crippen LogP contribution in [0.25, 0.3) is 0 Å². The Bertz CT molecular complexity index is 200. The third-order valence-electron chi connectivity index (χ3n) is 2.66. The largest absolute Gasteiger partial charge is 0.296 e. The van der Waals surface area contributed by atoms with Gasteiger partial charge in [0.2, 0.25) is 0 Å². The van der Waals surface area contributed by atoms with Crippen molar-refractivity contribution in [1.29, 1.82) is 0 Å². The fourth-order valence-corrected chi connectivity index (χ4v) is 2.74. The van der Waals surface area contributed by atoms with E-state index in [-0.39, 0.29) is 11.9 Å². The predicted octanol–water partition coefficient (Wildman–Crippen LogP) is 0.166. The lowest BCUT2D eigenvalue weighted by Crippen LogP contribution is -2.51. The second-order valence-corrected chi connectivity index (χ2v) is 4.83. The molecule has 0 bridgehead atoms. The number of amides is 1. The van der Waals surface area contributed by atoms with E-state index in [1.165, 1.54) is 19.3 Å². The predicted molar refractivity (Wildman–Crippen MR) is 57.8 cm³/mol. The first-order valence-electron chi connectivity index (χ1n) is 5.23. The normalized spacial score (nSPS) is 29.0. The van der Waals surface area contributed by atoms with Gasteiger partial charge in [-0.25, -0.2) is 5.01 Å². The Labute approximate surface area is 88.8 Å². The molecule has 4 nitrogen and oxygen atoms in total. The van der Waals surface area contributed by atoms with Crippen molar-refractivity contribution in [3.05, 3.63) is 0 Å². The second kappa shape index (κ2) is 5.00. The molecule has 14 heavy (non-hydrogen) atoms. The third kappa shape index (κ3) is 2.62. The van der Waals surface area contributed by atoms with E-state index in [2.05, 4.69) is 15.8 Å². The fraction of sp³-hybridized carbons (Fsp3) is 0.889. The highest BCUT2D eigenvalue weighted by Crippen LogP contribution is 2.10. The lowest BCUT2D eigenvalue weighted by atomic mass is 10.2. The average Bonchev–Trinajstić information content (AvgIpc) is 2.72. The molecule has 2 aliphatic rings. The quantitative estimate of drug-likeness (QED) is 0.689. The standard InChI is InChI=1S/C9H17N3OS/c13-9(8-6-14-7-10-8)11-12-4-2-1-3-5-12/h8,10H,1-7H2,(H,11,13). The SMILES string of the molecule is O=C(NN1CCCCC1)C1CSCN1. The first-order valence-corrected chi connectivity index (χ1v) is 6.38. The molecule has 2 rings (SSSR count). The molecular formula is C9H17N3OS. The maximum atomic E-state index is 11.7. The first kappa shape index (κ1) is 10.3. The number of hydrogen-bond acceptors (Lipinski definition) is 4. The van der Waals surface area contributed by atoms with Gasteiger partial charge < -0.3 is 0 Å². The van der Waals surface area contributed by atoms with Crippen LogP contribution in [0, 0.1) is 0 Å². The lowest BCUT2D eigenvalue weighted by molar-refractivity contribution is -0.127. The van der Waals surface area contributed by atoms with E-state index in [0.29, 0.717) is 0 Å². The smallest absolute Gasteiger partial charge is 0.252 e. The average molecular weight is 215 g/mol. The van der Waals surface area contributed by atoms with Crippen LogP contribution >= 0.6 is 11.8 Å². The summed E-state index contributed by atoms with van der Waals surface area (Å²) in [6, 6.07) is 0.0157. The zero-order chi connectivity index (χ0) is 9.80. The Balaban J connectivity index is 1.75. The minimum Gasteiger partial charge on any atom is -0.296 e. The van der Waals surface area contributed by atoms with Crippen LogP contribution in [0.3, 0.4) is 0 Å². The Morgan fingerprint density at radius 1 is 1.36 bits per heavy atom. The zero-order valence-electron chi connectivity index (χ0n) is 8.29. The van der Waals surface area contributed by atoms with Crippen LogP contribution in [0.5, 0.6) is 0 Å². The molecule has 1 amide bonds. The number of nitrogens with one attached hydrogen (secondary N) is 2. The molecule has 0 aromatic carbocycles. The molecular weight excluding hydrogens is 198 g/mol. The molecule has 5 heteroatoms. The van der Waals surface area contributed by atoms with Gasteiger partial charge in [-0.1, -0.05) is 6.42 Å². The van der Waals surface area contributed by atoms with Gasteiger partial charge in [0.15, 0.2) is 0 Å². The molecule has 0 spiro atoms. The van der Waals surface area contributed by atoms with Crippen LogP contribution in [0.2, 0.25) is 0 Å². The third-order valence-corrected chi connectivity index (χ3v) is 3.60. The minimum atomic E-state index is 0.0157. The molecule has 2 heterocycles. The Kier molecular flexibility index (Phi) is 3.67. The van der Waals surface area contributed by atoms with Crippen molar-refractivity contribution in [2.75, 3.05) is 24.7 Å². The molecule has 0 radical (unpaired) electrons. The van der Waals surface area contributed by atoms with Crippen LogP contribution in [-0.2, 0) is 4.79 Å². The van der Waals surface area contributed by atoms with Crippen molar-refractivity contribution in [2.45, 2.75) is 25.3 Å². The summed E-state index contributed by atoms with van der Waals surface area (Å²) in [4.78, 5) is 11.7. The van der Waals surface area contributed by atoms with Gasteiger partial charge in [-0.15, -0.1) is 11.8 Å². The number of nitrogens with zero attached hydrogens (tertiary/aromatic N) is 1. The summed E-state index contributed by atoms with van der Waals surface area (Å²) in [5.41, 5.74) is 2.98. The summed E-state index contributed by atoms with van der Waals surface area (Å²) in [6.07, 6.45) is 3.70. The van der Waals surface area contributed by atoms with E-state index < -0.39 is 0 Å². The van der Waals surface area contributed by atoms with Gasteiger partial charge in [0, 0.05) is 24.7 Å². The fourth-order valence-electron chi connectivity index (χ4n) is 1.80. The van der Waals surface area contributed by atoms with E-state index in [4.69, 9.17) is 0 Å². The van der Waals surface area contributed by atoms with E-state index in [0.717, 1.165) is 24.7 Å². The van der Waals surface area contributed by atoms with Crippen molar-refractivity contribution in [3.8, 4) is 0 Å². The highest BCUT2D eigenvalue weighted by molar-refractivity contribution is 7.99. The molecule has 80 valence electrons. The summed E-state index contributed by atoms with van der Waals surface area (Å²) in [7, 11) is 0. The number of carbonyl (C=O) groups excluding carboxylic acids is 1. The zero-order valence-corrected chi connectivity index (χ0v) is 9.11. The van der Waals surface area contributed by atoms with E-state index in [1.807, 2.05) is 0 Å². The molecule has 0 aromatic heterocycles. The maximum absolute atomic E-state index is 11.7. The second-order valence-electron chi connectivity index (χ2n) is 3.80. The molecule has 2 aliphatic heterocycles. The highest BCUT2D eigenvalue weighted by atomic mass is 32.2. The van der Waals surface area contributed by atoms with Crippen LogP contribution in [0.1, 0.15) is 19.3 Å². The van der Waals surface area contributed by atoms with Gasteiger partial charge in [-0.3, -0.25) is 15.5 Å².